The lowest BCUT2D eigenvalue weighted by molar-refractivity contribution is -0.386. The van der Waals surface area contributed by atoms with Gasteiger partial charge in [0.1, 0.15) is 0 Å². The van der Waals surface area contributed by atoms with Crippen LogP contribution in [0.1, 0.15) is 108 Å². The van der Waals surface area contributed by atoms with Gasteiger partial charge in [-0.3, -0.25) is 50.0 Å². The van der Waals surface area contributed by atoms with Crippen molar-refractivity contribution in [2.75, 3.05) is 0 Å². The Morgan fingerprint density at radius 1 is 0.493 bits per heavy atom. The van der Waals surface area contributed by atoms with Crippen molar-refractivity contribution < 1.29 is 112 Å². The maximum atomic E-state index is 11.2. The van der Waals surface area contributed by atoms with Crippen LogP contribution in [0.5, 0.6) is 11.5 Å². The minimum absolute atomic E-state index is 0.0442. The number of carbonyl (C=O) groups is 10. The predicted molar refractivity (Wildman–Crippen MR) is 215 cm³/mol. The lowest BCUT2D eigenvalue weighted by atomic mass is 10.0. The molecule has 2 aliphatic heterocycles. The van der Waals surface area contributed by atoms with Gasteiger partial charge in [-0.2, -0.15) is 0 Å². The molecule has 0 atom stereocenters. The van der Waals surface area contributed by atoms with Crippen LogP contribution in [-0.2, 0) is 23.8 Å². The highest BCUT2D eigenvalue weighted by molar-refractivity contribution is 6.17. The number of aromatic carboxylic acids is 4. The van der Waals surface area contributed by atoms with E-state index < -0.39 is 125 Å². The van der Waals surface area contributed by atoms with E-state index in [1.165, 1.54) is 45.9 Å². The molecule has 6 N–H and O–H groups in total. The molecule has 0 unspecified atom stereocenters. The van der Waals surface area contributed by atoms with Crippen LogP contribution in [0, 0.1) is 54.3 Å². The summed E-state index contributed by atoms with van der Waals surface area (Å²) in [5, 5.41) is 95.0. The lowest BCUT2D eigenvalue weighted by Crippen LogP contribution is -2.11. The predicted octanol–water partition coefficient (Wildman–Crippen LogP) is 3.92. The quantitative estimate of drug-likeness (QED) is 0.0479. The number of phenolic OH excluding ortho intramolecular Hbond substituents is 2. The first-order valence-corrected chi connectivity index (χ1v) is 17.6. The van der Waals surface area contributed by atoms with Gasteiger partial charge in [0.15, 0.2) is 22.6 Å². The molecule has 6 rings (SSSR count). The van der Waals surface area contributed by atoms with E-state index in [2.05, 4.69) is 14.2 Å². The number of phenols is 2. The van der Waals surface area contributed by atoms with Crippen molar-refractivity contribution in [3.05, 3.63) is 145 Å². The van der Waals surface area contributed by atoms with Crippen LogP contribution >= 0.6 is 0 Å². The van der Waals surface area contributed by atoms with Crippen LogP contribution in [-0.4, -0.2) is 110 Å². The summed E-state index contributed by atoms with van der Waals surface area (Å²) in [5.41, 5.74) is -5.40. The summed E-state index contributed by atoms with van der Waals surface area (Å²) < 4.78 is 12.6. The molecule has 31 nitrogen and oxygen atoms in total. The maximum Gasteiger partial charge on any atom is 0.353 e. The monoisotopic (exact) mass is 970 g/mol. The highest BCUT2D eigenvalue weighted by atomic mass is 16.6. The first-order chi connectivity index (χ1) is 31.8. The van der Waals surface area contributed by atoms with E-state index in [1.807, 2.05) is 0 Å². The van der Waals surface area contributed by atoms with Crippen LogP contribution in [0.2, 0.25) is 0 Å². The van der Waals surface area contributed by atoms with Gasteiger partial charge in [-0.1, -0.05) is 6.07 Å². The Labute approximate surface area is 378 Å². The van der Waals surface area contributed by atoms with Crippen molar-refractivity contribution in [3.8, 4) is 11.5 Å². The average molecular weight is 971 g/mol. The molecule has 0 saturated carbocycles. The highest BCUT2D eigenvalue weighted by Crippen LogP contribution is 2.34. The number of nitro groups is 4. The highest BCUT2D eigenvalue weighted by Gasteiger charge is 2.38. The number of carbonyl (C=O) groups excluding carboxylic acids is 6. The number of benzene rings is 4. The number of nitrogens with zero attached hydrogens (tertiary/aromatic N) is 4. The smallest absolute Gasteiger partial charge is 0.353 e. The number of hydrogen-bond donors (Lipinski definition) is 6. The molecule has 2 aliphatic rings. The van der Waals surface area contributed by atoms with E-state index in [0.717, 1.165) is 18.2 Å². The number of aryl methyl sites for hydroxylation is 2. The van der Waals surface area contributed by atoms with Gasteiger partial charge in [0.25, 0.3) is 11.4 Å². The Bertz CT molecular complexity index is 2940. The van der Waals surface area contributed by atoms with Crippen molar-refractivity contribution in [1.29, 1.82) is 0 Å². The van der Waals surface area contributed by atoms with E-state index in [0.29, 0.717) is 23.3 Å². The summed E-state index contributed by atoms with van der Waals surface area (Å²) in [6.07, 6.45) is 0. The van der Waals surface area contributed by atoms with Crippen molar-refractivity contribution >= 4 is 82.4 Å². The van der Waals surface area contributed by atoms with Gasteiger partial charge in [0.05, 0.1) is 53.1 Å². The Morgan fingerprint density at radius 3 is 1.36 bits per heavy atom. The molecule has 69 heavy (non-hydrogen) atoms. The number of esters is 6. The molecular weight excluding hydrogens is 944 g/mol. The standard InChI is InChI=1S/2C9H5NO5.2C8H5NO7.C4H6O3/c1-4-2-5-6(3-7(4)10(13)14)9(12)15-8(5)11;1-4-2-3-5-6(7(4)10(13)14)9(12)15-8(5)11;10-6-2-4(8(13)14)3(7(11)12)1-5(6)9(15)16;10-4-2-1-3(7(11)12)5(8(13)14)6(4)9(15)16;1-3(5)7-4(2)6/h2*2-3H,1H3;2*1-2,10H,(H,11,12)(H,13,14);1-2H3. The molecule has 31 heteroatoms. The third-order valence-electron chi connectivity index (χ3n) is 8.17. The third kappa shape index (κ3) is 13.2. The number of cyclic esters (lactones) is 4. The summed E-state index contributed by atoms with van der Waals surface area (Å²) >= 11 is 0. The molecule has 360 valence electrons. The van der Waals surface area contributed by atoms with Crippen LogP contribution in [0.3, 0.4) is 0 Å². The number of carboxylic acid groups (broad SMARTS) is 4. The summed E-state index contributed by atoms with van der Waals surface area (Å²) in [6.45, 7) is 5.35. The minimum Gasteiger partial charge on any atom is -0.502 e. The molecule has 0 fully saturated rings. The SMILES string of the molecule is CC(=O)OC(C)=O.Cc1cc2c(cc1[N+](=O)[O-])C(=O)OC2=O.Cc1ccc2c(c1[N+](=O)[O-])C(=O)OC2=O.O=C(O)c1cc(O)c([N+](=O)[O-])cc1C(=O)O.O=C(O)c1ccc(O)c([N+](=O)[O-])c1C(=O)O. The molecule has 0 aromatic heterocycles. The van der Waals surface area contributed by atoms with E-state index in [1.54, 1.807) is 0 Å². The second-order valence-electron chi connectivity index (χ2n) is 12.8. The topological polar surface area (TPSA) is 492 Å². The molecule has 0 bridgehead atoms. The Kier molecular flexibility index (Phi) is 17.6. The van der Waals surface area contributed by atoms with Crippen molar-refractivity contribution in [1.82, 2.24) is 0 Å². The number of fused-ring (bicyclic) bond motifs is 2. The first-order valence-electron chi connectivity index (χ1n) is 17.6. The van der Waals surface area contributed by atoms with E-state index in [4.69, 9.17) is 30.6 Å². The van der Waals surface area contributed by atoms with Gasteiger partial charge in [-0.15, -0.1) is 0 Å². The van der Waals surface area contributed by atoms with Gasteiger partial charge >= 0.3 is 71.1 Å². The molecule has 0 radical (unpaired) electrons. The zero-order chi connectivity index (χ0) is 53.1. The number of rotatable bonds is 8. The van der Waals surface area contributed by atoms with Crippen molar-refractivity contribution in [2.24, 2.45) is 0 Å². The average Bonchev–Trinajstić information content (AvgIpc) is 3.67. The minimum atomic E-state index is -1.79. The van der Waals surface area contributed by atoms with Gasteiger partial charge in [0, 0.05) is 43.2 Å². The number of ether oxygens (including phenoxy) is 3. The molecule has 0 amide bonds. The number of carboxylic acids is 4. The summed E-state index contributed by atoms with van der Waals surface area (Å²) in [4.78, 5) is 145. The zero-order valence-corrected chi connectivity index (χ0v) is 34.7. The largest absolute Gasteiger partial charge is 0.502 e. The molecular formula is C38H26N4O27. The summed E-state index contributed by atoms with van der Waals surface area (Å²) in [5.74, 6) is -12.9. The fourth-order valence-corrected chi connectivity index (χ4v) is 5.36. The second kappa shape index (κ2) is 22.3. The Morgan fingerprint density at radius 2 is 0.942 bits per heavy atom. The number of aromatic hydroxyl groups is 2. The third-order valence-corrected chi connectivity index (χ3v) is 8.17. The molecule has 0 aliphatic carbocycles. The fourth-order valence-electron chi connectivity index (χ4n) is 5.36. The van der Waals surface area contributed by atoms with E-state index in [-0.39, 0.29) is 33.6 Å². The Hall–Kier alpha value is -10.6. The van der Waals surface area contributed by atoms with Gasteiger partial charge in [-0.25, -0.2) is 38.4 Å². The van der Waals surface area contributed by atoms with E-state index >= 15 is 0 Å². The Balaban J connectivity index is 0.000000302. The second-order valence-corrected chi connectivity index (χ2v) is 12.8. The lowest BCUT2D eigenvalue weighted by Gasteiger charge is -2.03. The molecule has 0 saturated heterocycles. The fraction of sp³-hybridized carbons (Fsp3) is 0.105. The van der Waals surface area contributed by atoms with Crippen molar-refractivity contribution in [3.63, 3.8) is 0 Å². The molecule has 0 spiro atoms. The summed E-state index contributed by atoms with van der Waals surface area (Å²) in [6, 6.07) is 7.70. The summed E-state index contributed by atoms with van der Waals surface area (Å²) in [7, 11) is 0. The van der Waals surface area contributed by atoms with Crippen LogP contribution in [0.15, 0.2) is 48.5 Å². The zero-order valence-electron chi connectivity index (χ0n) is 34.7. The molecule has 4 aromatic carbocycles. The van der Waals surface area contributed by atoms with Crippen LogP contribution in [0.25, 0.3) is 0 Å². The molecule has 2 heterocycles. The van der Waals surface area contributed by atoms with Crippen LogP contribution in [0.4, 0.5) is 22.7 Å². The maximum absolute atomic E-state index is 11.2. The number of nitro benzene ring substituents is 4. The van der Waals surface area contributed by atoms with Gasteiger partial charge in [0.2, 0.25) is 0 Å². The van der Waals surface area contributed by atoms with Gasteiger partial charge < -0.3 is 44.8 Å². The van der Waals surface area contributed by atoms with Gasteiger partial charge in [-0.05, 0) is 38.1 Å². The molecule has 4 aromatic rings. The normalized spacial score (nSPS) is 11.2. The van der Waals surface area contributed by atoms with Crippen LogP contribution < -0.4 is 0 Å². The van der Waals surface area contributed by atoms with E-state index in [9.17, 15) is 88.4 Å². The number of hydrogen-bond acceptors (Lipinski definition) is 23. The first kappa shape index (κ1) is 54.5. The van der Waals surface area contributed by atoms with Crippen molar-refractivity contribution in [2.45, 2.75) is 27.7 Å².